The summed E-state index contributed by atoms with van der Waals surface area (Å²) in [6, 6.07) is 11.1. The number of nitrogens with zero attached hydrogens (tertiary/aromatic N) is 5. The zero-order valence-electron chi connectivity index (χ0n) is 17.8. The lowest BCUT2D eigenvalue weighted by atomic mass is 10.0. The molecular weight excluding hydrogens is 362 g/mol. The molecule has 0 radical (unpaired) electrons. The molecule has 2 aromatic rings. The highest BCUT2D eigenvalue weighted by atomic mass is 16.2. The summed E-state index contributed by atoms with van der Waals surface area (Å²) in [5.41, 5.74) is 3.71. The van der Waals surface area contributed by atoms with Crippen LogP contribution in [0.1, 0.15) is 30.5 Å². The van der Waals surface area contributed by atoms with E-state index in [0.717, 1.165) is 51.4 Å². The van der Waals surface area contributed by atoms with E-state index in [9.17, 15) is 4.79 Å². The predicted octanol–water partition coefficient (Wildman–Crippen LogP) is 2.70. The first-order valence-corrected chi connectivity index (χ1v) is 10.9. The first kappa shape index (κ1) is 20.0. The van der Waals surface area contributed by atoms with Crippen molar-refractivity contribution in [2.24, 2.45) is 0 Å². The third-order valence-electron chi connectivity index (χ3n) is 6.36. The van der Waals surface area contributed by atoms with E-state index in [-0.39, 0.29) is 5.91 Å². The first-order chi connectivity index (χ1) is 14.1. The van der Waals surface area contributed by atoms with Crippen molar-refractivity contribution in [1.29, 1.82) is 0 Å². The zero-order chi connectivity index (χ0) is 20.2. The zero-order valence-corrected chi connectivity index (χ0v) is 17.8. The Morgan fingerprint density at radius 2 is 1.86 bits per heavy atom. The summed E-state index contributed by atoms with van der Waals surface area (Å²) >= 11 is 0. The highest BCUT2D eigenvalue weighted by Gasteiger charge is 2.30. The van der Waals surface area contributed by atoms with E-state index in [4.69, 9.17) is 0 Å². The number of piperazine rings is 1. The van der Waals surface area contributed by atoms with Crippen molar-refractivity contribution in [3.8, 4) is 0 Å². The van der Waals surface area contributed by atoms with Gasteiger partial charge in [-0.2, -0.15) is 5.10 Å². The fourth-order valence-electron chi connectivity index (χ4n) is 4.68. The summed E-state index contributed by atoms with van der Waals surface area (Å²) in [6.07, 6.45) is 4.80. The number of anilines is 1. The Bertz CT molecular complexity index is 824. The molecule has 6 nitrogen and oxygen atoms in total. The van der Waals surface area contributed by atoms with Gasteiger partial charge in [-0.15, -0.1) is 0 Å². The number of aromatic nitrogens is 2. The lowest BCUT2D eigenvalue weighted by Gasteiger charge is -2.44. The van der Waals surface area contributed by atoms with Crippen LogP contribution in [0, 0.1) is 13.8 Å². The predicted molar refractivity (Wildman–Crippen MR) is 116 cm³/mol. The fourth-order valence-corrected chi connectivity index (χ4v) is 4.68. The van der Waals surface area contributed by atoms with Crippen molar-refractivity contribution in [2.45, 2.75) is 45.7 Å². The molecule has 1 amide bonds. The van der Waals surface area contributed by atoms with Crippen molar-refractivity contribution in [1.82, 2.24) is 19.6 Å². The summed E-state index contributed by atoms with van der Waals surface area (Å²) in [7, 11) is 0. The van der Waals surface area contributed by atoms with E-state index < -0.39 is 0 Å². The van der Waals surface area contributed by atoms with Gasteiger partial charge in [0.15, 0.2) is 0 Å². The third-order valence-corrected chi connectivity index (χ3v) is 6.36. The van der Waals surface area contributed by atoms with Gasteiger partial charge in [0.05, 0.1) is 5.69 Å². The number of carbonyl (C=O) groups excluding carboxylic acids is 1. The van der Waals surface area contributed by atoms with Crippen LogP contribution in [0.3, 0.4) is 0 Å². The lowest BCUT2D eigenvalue weighted by Crippen LogP contribution is -2.56. The van der Waals surface area contributed by atoms with E-state index in [0.29, 0.717) is 19.0 Å². The van der Waals surface area contributed by atoms with Crippen LogP contribution in [0.15, 0.2) is 36.5 Å². The van der Waals surface area contributed by atoms with Crippen molar-refractivity contribution in [2.75, 3.05) is 44.2 Å². The molecule has 1 unspecified atom stereocenters. The highest BCUT2D eigenvalue weighted by Crippen LogP contribution is 2.23. The third kappa shape index (κ3) is 4.81. The van der Waals surface area contributed by atoms with Crippen LogP contribution in [-0.2, 0) is 11.3 Å². The Kier molecular flexibility index (Phi) is 6.19. The minimum Gasteiger partial charge on any atom is -0.369 e. The van der Waals surface area contributed by atoms with Crippen molar-refractivity contribution < 1.29 is 4.79 Å². The van der Waals surface area contributed by atoms with Gasteiger partial charge in [-0.1, -0.05) is 18.2 Å². The molecule has 2 fully saturated rings. The number of rotatable bonds is 5. The normalized spacial score (nSPS) is 20.8. The molecule has 2 aliphatic heterocycles. The average molecular weight is 396 g/mol. The summed E-state index contributed by atoms with van der Waals surface area (Å²) < 4.78 is 1.87. The largest absolute Gasteiger partial charge is 0.369 e. The van der Waals surface area contributed by atoms with Crippen molar-refractivity contribution in [3.63, 3.8) is 0 Å². The van der Waals surface area contributed by atoms with Crippen LogP contribution >= 0.6 is 0 Å². The van der Waals surface area contributed by atoms with E-state index in [1.807, 2.05) is 23.9 Å². The molecule has 0 bridgehead atoms. The van der Waals surface area contributed by atoms with E-state index in [2.05, 4.69) is 51.0 Å². The maximum absolute atomic E-state index is 12.7. The van der Waals surface area contributed by atoms with Gasteiger partial charge in [0.1, 0.15) is 0 Å². The Labute approximate surface area is 174 Å². The number of para-hydroxylation sites is 1. The molecule has 0 spiro atoms. The number of likely N-dealkylation sites (tertiary alicyclic amines) is 1. The second kappa shape index (κ2) is 8.99. The maximum atomic E-state index is 12.7. The number of benzene rings is 1. The number of hydrogen-bond acceptors (Lipinski definition) is 4. The van der Waals surface area contributed by atoms with Gasteiger partial charge in [-0.3, -0.25) is 14.4 Å². The standard InChI is InChI=1S/C23H33N5O/c1-19-6-3-4-8-22(19)26-16-14-25(15-17-26)21-7-5-11-27(18-21)23(29)10-13-28-12-9-20(2)24-28/h3-4,6,8-9,12,21H,5,7,10-11,13-18H2,1-2H3. The fraction of sp³-hybridized carbons (Fsp3) is 0.565. The second-order valence-corrected chi connectivity index (χ2v) is 8.42. The van der Waals surface area contributed by atoms with Gasteiger partial charge >= 0.3 is 0 Å². The quantitative estimate of drug-likeness (QED) is 0.781. The molecule has 0 aliphatic carbocycles. The minimum absolute atomic E-state index is 0.265. The topological polar surface area (TPSA) is 44.6 Å². The maximum Gasteiger partial charge on any atom is 0.224 e. The number of amides is 1. The van der Waals surface area contributed by atoms with Crippen LogP contribution < -0.4 is 4.90 Å². The molecule has 1 atom stereocenters. The summed E-state index contributed by atoms with van der Waals surface area (Å²) in [5, 5.41) is 4.39. The summed E-state index contributed by atoms with van der Waals surface area (Å²) in [5.74, 6) is 0.265. The van der Waals surface area contributed by atoms with Crippen LogP contribution in [-0.4, -0.2) is 70.8 Å². The Hall–Kier alpha value is -2.34. The second-order valence-electron chi connectivity index (χ2n) is 8.42. The number of hydrogen-bond donors (Lipinski definition) is 0. The van der Waals surface area contributed by atoms with Crippen molar-refractivity contribution in [3.05, 3.63) is 47.8 Å². The summed E-state index contributed by atoms with van der Waals surface area (Å²) in [6.45, 7) is 10.9. The number of piperidine rings is 1. The van der Waals surface area contributed by atoms with Gasteiger partial charge in [0, 0.05) is 70.2 Å². The molecule has 2 aliphatic rings. The molecule has 4 rings (SSSR count). The molecule has 1 aromatic carbocycles. The Morgan fingerprint density at radius 1 is 1.07 bits per heavy atom. The van der Waals surface area contributed by atoms with Gasteiger partial charge in [0.25, 0.3) is 0 Å². The Balaban J connectivity index is 1.27. The molecule has 3 heterocycles. The smallest absolute Gasteiger partial charge is 0.224 e. The Morgan fingerprint density at radius 3 is 2.59 bits per heavy atom. The van der Waals surface area contributed by atoms with Crippen LogP contribution in [0.2, 0.25) is 0 Å². The number of aryl methyl sites for hydroxylation is 3. The number of carbonyl (C=O) groups is 1. The molecule has 1 aromatic heterocycles. The first-order valence-electron chi connectivity index (χ1n) is 10.9. The van der Waals surface area contributed by atoms with E-state index in [1.54, 1.807) is 0 Å². The lowest BCUT2D eigenvalue weighted by molar-refractivity contribution is -0.133. The van der Waals surface area contributed by atoms with E-state index >= 15 is 0 Å². The van der Waals surface area contributed by atoms with Gasteiger partial charge in [0.2, 0.25) is 5.91 Å². The molecule has 2 saturated heterocycles. The van der Waals surface area contributed by atoms with Gasteiger partial charge < -0.3 is 9.80 Å². The molecule has 0 N–H and O–H groups in total. The average Bonchev–Trinajstić information content (AvgIpc) is 3.18. The molecule has 29 heavy (non-hydrogen) atoms. The van der Waals surface area contributed by atoms with Gasteiger partial charge in [-0.25, -0.2) is 0 Å². The van der Waals surface area contributed by atoms with E-state index in [1.165, 1.54) is 17.7 Å². The van der Waals surface area contributed by atoms with Crippen molar-refractivity contribution >= 4 is 11.6 Å². The van der Waals surface area contributed by atoms with Crippen LogP contribution in [0.5, 0.6) is 0 Å². The SMILES string of the molecule is Cc1ccn(CCC(=O)N2CCCC(N3CCN(c4ccccc4C)CC3)C2)n1. The highest BCUT2D eigenvalue weighted by molar-refractivity contribution is 5.76. The van der Waals surface area contributed by atoms with Crippen LogP contribution in [0.25, 0.3) is 0 Å². The van der Waals surface area contributed by atoms with Crippen LogP contribution in [0.4, 0.5) is 5.69 Å². The molecule has 6 heteroatoms. The van der Waals surface area contributed by atoms with Gasteiger partial charge in [-0.05, 0) is 44.4 Å². The molecule has 0 saturated carbocycles. The molecular formula is C23H33N5O. The minimum atomic E-state index is 0.265. The monoisotopic (exact) mass is 395 g/mol. The molecule has 156 valence electrons. The summed E-state index contributed by atoms with van der Waals surface area (Å²) in [4.78, 5) is 19.9.